The molecule has 0 saturated heterocycles. The van der Waals surface area contributed by atoms with Gasteiger partial charge in [0.25, 0.3) is 0 Å². The van der Waals surface area contributed by atoms with E-state index in [9.17, 15) is 4.79 Å². The zero-order valence-corrected chi connectivity index (χ0v) is 11.3. The van der Waals surface area contributed by atoms with Crippen LogP contribution in [0.3, 0.4) is 0 Å². The quantitative estimate of drug-likeness (QED) is 0.366. The Morgan fingerprint density at radius 2 is 2.28 bits per heavy atom. The zero-order chi connectivity index (χ0) is 13.3. The number of allylic oxidation sites excluding steroid dienone is 5. The summed E-state index contributed by atoms with van der Waals surface area (Å²) in [7, 11) is 0. The van der Waals surface area contributed by atoms with Gasteiger partial charge < -0.3 is 4.74 Å². The molecule has 0 bridgehead atoms. The van der Waals surface area contributed by atoms with Gasteiger partial charge in [0.1, 0.15) is 0 Å². The van der Waals surface area contributed by atoms with E-state index < -0.39 is 5.97 Å². The van der Waals surface area contributed by atoms with Gasteiger partial charge in [-0.25, -0.2) is 4.79 Å². The number of nitrogens with one attached hydrogen (secondary N) is 1. The van der Waals surface area contributed by atoms with Crippen LogP contribution >= 0.6 is 11.8 Å². The lowest BCUT2D eigenvalue weighted by Gasteiger charge is -2.11. The second kappa shape index (κ2) is 4.98. The Bertz CT molecular complexity index is 526. The van der Waals surface area contributed by atoms with Crippen molar-refractivity contribution in [2.45, 2.75) is 13.8 Å². The van der Waals surface area contributed by atoms with Gasteiger partial charge in [0, 0.05) is 11.5 Å². The van der Waals surface area contributed by atoms with Crippen LogP contribution in [0, 0.1) is 11.3 Å². The summed E-state index contributed by atoms with van der Waals surface area (Å²) < 4.78 is 4.84. The normalized spacial score (nSPS) is 20.1. The molecule has 18 heavy (non-hydrogen) atoms. The molecule has 0 fully saturated rings. The van der Waals surface area contributed by atoms with E-state index in [0.29, 0.717) is 17.6 Å². The molecule has 0 spiro atoms. The van der Waals surface area contributed by atoms with Crippen LogP contribution in [0.5, 0.6) is 0 Å². The molecule has 2 rings (SSSR count). The van der Waals surface area contributed by atoms with E-state index in [2.05, 4.69) is 19.6 Å². The van der Waals surface area contributed by atoms with Gasteiger partial charge in [-0.15, -0.1) is 0 Å². The highest BCUT2D eigenvalue weighted by Gasteiger charge is 2.29. The van der Waals surface area contributed by atoms with Crippen LogP contribution in [0.25, 0.3) is 0 Å². The van der Waals surface area contributed by atoms with Gasteiger partial charge in [0.2, 0.25) is 0 Å². The van der Waals surface area contributed by atoms with Crippen molar-refractivity contribution in [1.29, 1.82) is 5.41 Å². The van der Waals surface area contributed by atoms with E-state index in [4.69, 9.17) is 10.1 Å². The Labute approximate surface area is 111 Å². The van der Waals surface area contributed by atoms with Gasteiger partial charge in [0.15, 0.2) is 0 Å². The van der Waals surface area contributed by atoms with E-state index in [1.54, 1.807) is 6.92 Å². The lowest BCUT2D eigenvalue weighted by Crippen LogP contribution is -2.07. The van der Waals surface area contributed by atoms with Gasteiger partial charge in [0.05, 0.1) is 16.6 Å². The Balaban J connectivity index is 1.99. The van der Waals surface area contributed by atoms with Crippen LogP contribution in [0.2, 0.25) is 0 Å². The number of carbonyl (C=O) groups is 1. The molecule has 0 aromatic heterocycles. The van der Waals surface area contributed by atoms with Gasteiger partial charge in [-0.05, 0) is 25.5 Å². The Morgan fingerprint density at radius 1 is 1.56 bits per heavy atom. The fourth-order valence-electron chi connectivity index (χ4n) is 1.80. The molecule has 0 saturated carbocycles. The van der Waals surface area contributed by atoms with Crippen molar-refractivity contribution in [3.8, 4) is 0 Å². The summed E-state index contributed by atoms with van der Waals surface area (Å²) in [5.41, 5.74) is 3.34. The number of fused-ring (bicyclic) bond motifs is 1. The summed E-state index contributed by atoms with van der Waals surface area (Å²) in [4.78, 5) is 11.7. The maximum absolute atomic E-state index is 11.4. The third-order valence-electron chi connectivity index (χ3n) is 2.80. The Morgan fingerprint density at radius 3 is 2.89 bits per heavy atom. The van der Waals surface area contributed by atoms with Crippen molar-refractivity contribution in [2.75, 3.05) is 6.61 Å². The predicted octanol–water partition coefficient (Wildman–Crippen LogP) is 3.22. The number of ether oxygens (including phenoxy) is 1. The summed E-state index contributed by atoms with van der Waals surface area (Å²) in [5.74, 6) is 0.0349. The molecule has 0 aromatic carbocycles. The van der Waals surface area contributed by atoms with E-state index in [0.717, 1.165) is 17.3 Å². The lowest BCUT2D eigenvalue weighted by molar-refractivity contribution is -0.137. The van der Waals surface area contributed by atoms with Gasteiger partial charge >= 0.3 is 5.97 Å². The third-order valence-corrected chi connectivity index (χ3v) is 3.65. The highest BCUT2D eigenvalue weighted by Crippen LogP contribution is 2.42. The molecule has 4 heteroatoms. The fraction of sp³-hybridized carbons (Fsp3) is 0.286. The molecule has 0 radical (unpaired) electrons. The predicted molar refractivity (Wildman–Crippen MR) is 74.5 cm³/mol. The first-order valence-electron chi connectivity index (χ1n) is 5.77. The molecule has 1 atom stereocenters. The molecule has 94 valence electrons. The highest BCUT2D eigenvalue weighted by molar-refractivity contribution is 8.18. The first-order chi connectivity index (χ1) is 8.52. The number of esters is 1. The third kappa shape index (κ3) is 2.64. The number of hydrogen-bond donors (Lipinski definition) is 1. The van der Waals surface area contributed by atoms with Crippen molar-refractivity contribution >= 4 is 22.8 Å². The number of rotatable bonds is 4. The van der Waals surface area contributed by atoms with Crippen molar-refractivity contribution in [3.63, 3.8) is 0 Å². The standard InChI is InChI=1S/C14H15NO2S/c1-4-17-14(16)9(3)18-13(15)11-5-8(2)12-7-10(12)6-11/h5-7,12,15H,3-4H2,1-2H3. The summed E-state index contributed by atoms with van der Waals surface area (Å²) >= 11 is 1.05. The lowest BCUT2D eigenvalue weighted by atomic mass is 10.00. The highest BCUT2D eigenvalue weighted by atomic mass is 32.2. The summed E-state index contributed by atoms with van der Waals surface area (Å²) in [6, 6.07) is 0. The van der Waals surface area contributed by atoms with Crippen LogP contribution < -0.4 is 0 Å². The molecule has 0 heterocycles. The van der Waals surface area contributed by atoms with Gasteiger partial charge in [-0.1, -0.05) is 36.1 Å². The van der Waals surface area contributed by atoms with Crippen molar-refractivity contribution in [2.24, 2.45) is 5.92 Å². The van der Waals surface area contributed by atoms with Crippen molar-refractivity contribution in [3.05, 3.63) is 46.4 Å². The Hall–Kier alpha value is -1.55. The van der Waals surface area contributed by atoms with Crippen LogP contribution in [-0.2, 0) is 9.53 Å². The molecule has 0 amide bonds. The molecule has 1 unspecified atom stereocenters. The van der Waals surface area contributed by atoms with Crippen LogP contribution in [0.1, 0.15) is 13.8 Å². The molecule has 2 aliphatic carbocycles. The number of hydrogen-bond acceptors (Lipinski definition) is 4. The molecule has 0 aliphatic heterocycles. The SMILES string of the molecule is C=C(SC(=N)C1=CC2=CC2C(C)=C1)C(=O)OCC. The van der Waals surface area contributed by atoms with E-state index >= 15 is 0 Å². The maximum atomic E-state index is 11.4. The van der Waals surface area contributed by atoms with Gasteiger partial charge in [-0.2, -0.15) is 0 Å². The van der Waals surface area contributed by atoms with E-state index in [1.165, 1.54) is 11.1 Å². The second-order valence-corrected chi connectivity index (χ2v) is 5.31. The van der Waals surface area contributed by atoms with E-state index in [1.807, 2.05) is 12.2 Å². The second-order valence-electron chi connectivity index (χ2n) is 4.21. The molecule has 2 aliphatic rings. The van der Waals surface area contributed by atoms with Crippen LogP contribution in [0.4, 0.5) is 0 Å². The molecule has 3 nitrogen and oxygen atoms in total. The largest absolute Gasteiger partial charge is 0.462 e. The van der Waals surface area contributed by atoms with Crippen LogP contribution in [0.15, 0.2) is 46.4 Å². The van der Waals surface area contributed by atoms with Crippen molar-refractivity contribution < 1.29 is 9.53 Å². The first-order valence-corrected chi connectivity index (χ1v) is 6.59. The summed E-state index contributed by atoms with van der Waals surface area (Å²) in [6.45, 7) is 7.76. The maximum Gasteiger partial charge on any atom is 0.344 e. The first kappa shape index (κ1) is 12.9. The Kier molecular flexibility index (Phi) is 3.57. The molecule has 1 N–H and O–H groups in total. The average molecular weight is 261 g/mol. The van der Waals surface area contributed by atoms with Crippen LogP contribution in [-0.4, -0.2) is 17.6 Å². The minimum atomic E-state index is -0.451. The molecule has 0 aromatic rings. The molecular formula is C14H15NO2S. The monoisotopic (exact) mass is 261 g/mol. The number of thioether (sulfide) groups is 1. The van der Waals surface area contributed by atoms with Gasteiger partial charge in [-0.3, -0.25) is 5.41 Å². The minimum absolute atomic E-state index is 0.251. The topological polar surface area (TPSA) is 50.2 Å². The smallest absolute Gasteiger partial charge is 0.344 e. The molecular weight excluding hydrogens is 246 g/mol. The average Bonchev–Trinajstić information content (AvgIpc) is 3.08. The minimum Gasteiger partial charge on any atom is -0.462 e. The van der Waals surface area contributed by atoms with E-state index in [-0.39, 0.29) is 4.91 Å². The van der Waals surface area contributed by atoms with Crippen molar-refractivity contribution in [1.82, 2.24) is 0 Å². The number of carbonyl (C=O) groups excluding carboxylic acids is 1. The fourth-order valence-corrected chi connectivity index (χ4v) is 2.42. The summed E-state index contributed by atoms with van der Waals surface area (Å²) in [5, 5.41) is 8.32. The summed E-state index contributed by atoms with van der Waals surface area (Å²) in [6.07, 6.45) is 6.15. The zero-order valence-electron chi connectivity index (χ0n) is 10.4.